The maximum absolute atomic E-state index is 12.8. The summed E-state index contributed by atoms with van der Waals surface area (Å²) in [5.41, 5.74) is 1.25. The molecule has 1 unspecified atom stereocenters. The van der Waals surface area contributed by atoms with Crippen LogP contribution in [0.15, 0.2) is 18.2 Å². The minimum atomic E-state index is -0.0662. The van der Waals surface area contributed by atoms with Crippen LogP contribution in [-0.4, -0.2) is 57.8 Å². The van der Waals surface area contributed by atoms with Gasteiger partial charge in [0.1, 0.15) is 11.5 Å². The molecule has 1 aromatic heterocycles. The van der Waals surface area contributed by atoms with Crippen molar-refractivity contribution >= 4 is 11.8 Å². The number of amides is 2. The fourth-order valence-corrected chi connectivity index (χ4v) is 3.61. The molecule has 1 saturated heterocycles. The highest BCUT2D eigenvalue weighted by Gasteiger charge is 2.28. The zero-order valence-electron chi connectivity index (χ0n) is 15.1. The van der Waals surface area contributed by atoms with Crippen molar-refractivity contribution < 1.29 is 9.59 Å². The minimum Gasteiger partial charge on any atom is -0.341 e. The first-order chi connectivity index (χ1) is 12.0. The molecule has 25 heavy (non-hydrogen) atoms. The van der Waals surface area contributed by atoms with Gasteiger partial charge in [-0.05, 0) is 45.6 Å². The van der Waals surface area contributed by atoms with E-state index in [1.165, 1.54) is 0 Å². The highest BCUT2D eigenvalue weighted by atomic mass is 16.2. The second-order valence-electron chi connectivity index (χ2n) is 6.89. The Bertz CT molecular complexity index is 666. The van der Waals surface area contributed by atoms with Crippen LogP contribution in [0.2, 0.25) is 0 Å². The van der Waals surface area contributed by atoms with Gasteiger partial charge in [-0.3, -0.25) is 9.59 Å². The number of aryl methyl sites for hydroxylation is 2. The van der Waals surface area contributed by atoms with E-state index >= 15 is 0 Å². The topological polar surface area (TPSA) is 66.4 Å². The Hall–Kier alpha value is -2.24. The van der Waals surface area contributed by atoms with E-state index in [1.807, 2.05) is 16.7 Å². The summed E-state index contributed by atoms with van der Waals surface area (Å²) in [6.45, 7) is 6.22. The number of carbonyl (C=O) groups is 2. The van der Waals surface area contributed by atoms with Crippen molar-refractivity contribution in [1.29, 1.82) is 0 Å². The van der Waals surface area contributed by atoms with Gasteiger partial charge in [0, 0.05) is 37.8 Å². The molecule has 6 nitrogen and oxygen atoms in total. The minimum absolute atomic E-state index is 0.0662. The van der Waals surface area contributed by atoms with Crippen molar-refractivity contribution in [3.63, 3.8) is 0 Å². The van der Waals surface area contributed by atoms with Gasteiger partial charge in [0.25, 0.3) is 5.91 Å². The Balaban J connectivity index is 1.63. The van der Waals surface area contributed by atoms with Crippen LogP contribution in [0.3, 0.4) is 0 Å². The Kier molecular flexibility index (Phi) is 5.46. The molecule has 2 aliphatic rings. The number of hydrogen-bond donors (Lipinski definition) is 0. The third kappa shape index (κ3) is 4.24. The summed E-state index contributed by atoms with van der Waals surface area (Å²) >= 11 is 0. The van der Waals surface area contributed by atoms with Gasteiger partial charge in [0.2, 0.25) is 5.91 Å². The van der Waals surface area contributed by atoms with Gasteiger partial charge >= 0.3 is 0 Å². The summed E-state index contributed by atoms with van der Waals surface area (Å²) in [4.78, 5) is 37.7. The van der Waals surface area contributed by atoms with Crippen LogP contribution in [0.5, 0.6) is 0 Å². The zero-order chi connectivity index (χ0) is 17.8. The fraction of sp³-hybridized carbons (Fsp3) is 0.579. The average molecular weight is 342 g/mol. The highest BCUT2D eigenvalue weighted by molar-refractivity contribution is 5.92. The van der Waals surface area contributed by atoms with Crippen LogP contribution >= 0.6 is 0 Å². The smallest absolute Gasteiger partial charge is 0.272 e. The molecule has 0 N–H and O–H groups in total. The lowest BCUT2D eigenvalue weighted by molar-refractivity contribution is -0.135. The standard InChI is InChI=1S/C19H26N4O2/c1-14-13-17(21-15(2)20-14)19(25)23-10-6-9-22(11-12-23)18(24)16-7-4-3-5-8-16/h3-4,13,16H,5-12H2,1-2H3. The molecule has 2 amide bonds. The van der Waals surface area contributed by atoms with Gasteiger partial charge in [-0.25, -0.2) is 9.97 Å². The van der Waals surface area contributed by atoms with Gasteiger partial charge in [0.15, 0.2) is 0 Å². The van der Waals surface area contributed by atoms with Crippen LogP contribution in [-0.2, 0) is 4.79 Å². The third-order valence-corrected chi connectivity index (χ3v) is 4.90. The lowest BCUT2D eigenvalue weighted by Crippen LogP contribution is -2.40. The average Bonchev–Trinajstić information content (AvgIpc) is 2.86. The second-order valence-corrected chi connectivity index (χ2v) is 6.89. The largest absolute Gasteiger partial charge is 0.341 e. The molecule has 6 heteroatoms. The molecule has 134 valence electrons. The SMILES string of the molecule is Cc1cc(C(=O)N2CCCN(C(=O)C3CC=CCC3)CC2)nc(C)n1. The Morgan fingerprint density at radius 2 is 1.80 bits per heavy atom. The predicted molar refractivity (Wildman–Crippen MR) is 95.1 cm³/mol. The first-order valence-corrected chi connectivity index (χ1v) is 9.10. The molecule has 1 fully saturated rings. The normalized spacial score (nSPS) is 21.1. The number of hydrogen-bond acceptors (Lipinski definition) is 4. The third-order valence-electron chi connectivity index (χ3n) is 4.90. The molecule has 1 atom stereocenters. The van der Waals surface area contributed by atoms with Crippen LogP contribution in [0.1, 0.15) is 47.7 Å². The summed E-state index contributed by atoms with van der Waals surface area (Å²) in [7, 11) is 0. The van der Waals surface area contributed by atoms with Crippen molar-refractivity contribution in [2.45, 2.75) is 39.5 Å². The van der Waals surface area contributed by atoms with Crippen LogP contribution in [0, 0.1) is 19.8 Å². The van der Waals surface area contributed by atoms with E-state index in [2.05, 4.69) is 22.1 Å². The van der Waals surface area contributed by atoms with E-state index in [4.69, 9.17) is 0 Å². The molecule has 0 saturated carbocycles. The lowest BCUT2D eigenvalue weighted by Gasteiger charge is -2.27. The Morgan fingerprint density at radius 1 is 1.04 bits per heavy atom. The summed E-state index contributed by atoms with van der Waals surface area (Å²) in [6.07, 6.45) is 7.84. The van der Waals surface area contributed by atoms with Gasteiger partial charge in [0.05, 0.1) is 0 Å². The molecule has 0 aromatic carbocycles. The molecule has 1 aliphatic heterocycles. The van der Waals surface area contributed by atoms with E-state index in [1.54, 1.807) is 13.0 Å². The zero-order valence-corrected chi connectivity index (χ0v) is 15.1. The van der Waals surface area contributed by atoms with Gasteiger partial charge < -0.3 is 9.80 Å². The van der Waals surface area contributed by atoms with Crippen molar-refractivity contribution in [1.82, 2.24) is 19.8 Å². The Morgan fingerprint density at radius 3 is 2.52 bits per heavy atom. The quantitative estimate of drug-likeness (QED) is 0.772. The number of aromatic nitrogens is 2. The molecule has 0 spiro atoms. The summed E-state index contributed by atoms with van der Waals surface area (Å²) in [5.74, 6) is 0.899. The molecule has 1 aliphatic carbocycles. The summed E-state index contributed by atoms with van der Waals surface area (Å²) in [5, 5.41) is 0. The van der Waals surface area contributed by atoms with E-state index in [-0.39, 0.29) is 17.7 Å². The molecule has 3 rings (SSSR count). The summed E-state index contributed by atoms with van der Waals surface area (Å²) in [6, 6.07) is 1.73. The van der Waals surface area contributed by atoms with Gasteiger partial charge in [-0.2, -0.15) is 0 Å². The first kappa shape index (κ1) is 17.6. The maximum Gasteiger partial charge on any atom is 0.272 e. The lowest BCUT2D eigenvalue weighted by atomic mass is 9.93. The molecule has 0 bridgehead atoms. The maximum atomic E-state index is 12.8. The monoisotopic (exact) mass is 342 g/mol. The van der Waals surface area contributed by atoms with Gasteiger partial charge in [-0.15, -0.1) is 0 Å². The fourth-order valence-electron chi connectivity index (χ4n) is 3.61. The number of carbonyl (C=O) groups excluding carboxylic acids is 2. The molecular weight excluding hydrogens is 316 g/mol. The number of rotatable bonds is 2. The van der Waals surface area contributed by atoms with Crippen molar-refractivity contribution in [3.05, 3.63) is 35.4 Å². The second kappa shape index (κ2) is 7.76. The van der Waals surface area contributed by atoms with E-state index in [9.17, 15) is 9.59 Å². The van der Waals surface area contributed by atoms with Crippen molar-refractivity contribution in [2.75, 3.05) is 26.2 Å². The molecule has 0 radical (unpaired) electrons. The first-order valence-electron chi connectivity index (χ1n) is 9.10. The van der Waals surface area contributed by atoms with E-state index in [0.29, 0.717) is 31.2 Å². The van der Waals surface area contributed by atoms with Crippen LogP contribution in [0.4, 0.5) is 0 Å². The van der Waals surface area contributed by atoms with Crippen molar-refractivity contribution in [2.24, 2.45) is 5.92 Å². The van der Waals surface area contributed by atoms with E-state index < -0.39 is 0 Å². The van der Waals surface area contributed by atoms with E-state index in [0.717, 1.165) is 37.9 Å². The Labute approximate surface area is 148 Å². The predicted octanol–water partition coefficient (Wildman–Crippen LogP) is 2.12. The molecular formula is C19H26N4O2. The number of allylic oxidation sites excluding steroid dienone is 2. The summed E-state index contributed by atoms with van der Waals surface area (Å²) < 4.78 is 0. The van der Waals surface area contributed by atoms with Gasteiger partial charge in [-0.1, -0.05) is 12.2 Å². The van der Waals surface area contributed by atoms with Crippen LogP contribution in [0.25, 0.3) is 0 Å². The number of nitrogens with zero attached hydrogens (tertiary/aromatic N) is 4. The molecule has 2 heterocycles. The van der Waals surface area contributed by atoms with Crippen LogP contribution < -0.4 is 0 Å². The molecule has 1 aromatic rings. The highest BCUT2D eigenvalue weighted by Crippen LogP contribution is 2.21. The van der Waals surface area contributed by atoms with Crippen molar-refractivity contribution in [3.8, 4) is 0 Å².